The van der Waals surface area contributed by atoms with Crippen LogP contribution in [0.25, 0.3) is 0 Å². The van der Waals surface area contributed by atoms with Gasteiger partial charge in [-0.25, -0.2) is 4.39 Å². The number of rotatable bonds is 0. The molecule has 0 saturated heterocycles. The Morgan fingerprint density at radius 2 is 2.23 bits per heavy atom. The van der Waals surface area contributed by atoms with E-state index in [2.05, 4.69) is 0 Å². The van der Waals surface area contributed by atoms with E-state index in [9.17, 15) is 9.18 Å². The van der Waals surface area contributed by atoms with E-state index in [4.69, 9.17) is 4.74 Å². The van der Waals surface area contributed by atoms with Crippen molar-refractivity contribution in [3.05, 3.63) is 27.1 Å². The monoisotopic (exact) mass is 292 g/mol. The van der Waals surface area contributed by atoms with Crippen LogP contribution in [-0.2, 0) is 0 Å². The van der Waals surface area contributed by atoms with Gasteiger partial charge in [0.25, 0.3) is 0 Å². The molecule has 1 aromatic carbocycles. The van der Waals surface area contributed by atoms with Gasteiger partial charge in [-0.1, -0.05) is 0 Å². The molecule has 0 aliphatic carbocycles. The minimum Gasteiger partial charge on any atom is -0.492 e. The molecule has 2 nitrogen and oxygen atoms in total. The van der Waals surface area contributed by atoms with E-state index in [1.54, 1.807) is 0 Å². The van der Waals surface area contributed by atoms with Gasteiger partial charge in [0.05, 0.1) is 15.7 Å². The van der Waals surface area contributed by atoms with Crippen LogP contribution < -0.4 is 4.74 Å². The summed E-state index contributed by atoms with van der Waals surface area (Å²) in [6.07, 6.45) is 0.340. The molecule has 0 N–H and O–H groups in total. The molecule has 1 aliphatic rings. The number of carbonyl (C=O) groups excluding carboxylic acids is 1. The van der Waals surface area contributed by atoms with Gasteiger partial charge in [-0.15, -0.1) is 0 Å². The molecule has 0 bridgehead atoms. The molecule has 0 aromatic heterocycles. The van der Waals surface area contributed by atoms with Crippen molar-refractivity contribution in [2.24, 2.45) is 0 Å². The van der Waals surface area contributed by atoms with Crippen LogP contribution in [0.5, 0.6) is 5.75 Å². The Morgan fingerprint density at radius 1 is 1.46 bits per heavy atom. The van der Waals surface area contributed by atoms with Crippen molar-refractivity contribution in [3.63, 3.8) is 0 Å². The predicted octanol–water partition coefficient (Wildman–Crippen LogP) is 2.40. The van der Waals surface area contributed by atoms with Crippen molar-refractivity contribution < 1.29 is 13.9 Å². The number of halogens is 2. The summed E-state index contributed by atoms with van der Waals surface area (Å²) in [6, 6.07) is 2.82. The molecule has 68 valence electrons. The Kier molecular flexibility index (Phi) is 2.23. The largest absolute Gasteiger partial charge is 0.492 e. The number of ether oxygens (including phenoxy) is 1. The second-order valence-electron chi connectivity index (χ2n) is 2.76. The highest BCUT2D eigenvalue weighted by Gasteiger charge is 2.22. The summed E-state index contributed by atoms with van der Waals surface area (Å²) < 4.78 is 18.7. The first-order valence-corrected chi connectivity index (χ1v) is 4.92. The van der Waals surface area contributed by atoms with Crippen LogP contribution in [-0.4, -0.2) is 12.4 Å². The lowest BCUT2D eigenvalue weighted by atomic mass is 10.1. The molecule has 13 heavy (non-hydrogen) atoms. The van der Waals surface area contributed by atoms with Gasteiger partial charge in [-0.3, -0.25) is 4.79 Å². The lowest BCUT2D eigenvalue weighted by molar-refractivity contribution is 0.0931. The number of hydrogen-bond donors (Lipinski definition) is 0. The molecule has 0 atom stereocenters. The minimum absolute atomic E-state index is 0.0369. The Labute approximate surface area is 88.2 Å². The molecule has 0 fully saturated rings. The Morgan fingerprint density at radius 3 is 3.00 bits per heavy atom. The summed E-state index contributed by atoms with van der Waals surface area (Å²) in [5.41, 5.74) is 0.395. The molecule has 1 aromatic rings. The van der Waals surface area contributed by atoms with Crippen molar-refractivity contribution in [1.29, 1.82) is 0 Å². The number of carbonyl (C=O) groups is 1. The van der Waals surface area contributed by atoms with Gasteiger partial charge in [0.15, 0.2) is 5.78 Å². The normalized spacial score (nSPS) is 15.1. The SMILES string of the molecule is O=C1CCOc2ccc(F)c(I)c21. The summed E-state index contributed by atoms with van der Waals surface area (Å²) >= 11 is 1.83. The summed E-state index contributed by atoms with van der Waals surface area (Å²) in [5.74, 6) is 0.102. The molecule has 0 spiro atoms. The molecule has 1 heterocycles. The number of Topliss-reactive ketones (excluding diaryl/α,β-unsaturated/α-hetero) is 1. The zero-order valence-electron chi connectivity index (χ0n) is 6.64. The average molecular weight is 292 g/mol. The quantitative estimate of drug-likeness (QED) is 0.686. The van der Waals surface area contributed by atoms with Gasteiger partial charge in [0, 0.05) is 6.42 Å². The molecule has 4 heteroatoms. The fourth-order valence-corrected chi connectivity index (χ4v) is 2.04. The van der Waals surface area contributed by atoms with Crippen LogP contribution in [0.1, 0.15) is 16.8 Å². The first kappa shape index (κ1) is 8.93. The Balaban J connectivity index is 2.65. The van der Waals surface area contributed by atoms with Crippen LogP contribution in [0.2, 0.25) is 0 Å². The molecule has 0 saturated carbocycles. The van der Waals surface area contributed by atoms with Gasteiger partial charge in [-0.2, -0.15) is 0 Å². The highest BCUT2D eigenvalue weighted by molar-refractivity contribution is 14.1. The lowest BCUT2D eigenvalue weighted by Gasteiger charge is -2.17. The maximum Gasteiger partial charge on any atom is 0.171 e. The van der Waals surface area contributed by atoms with Crippen LogP contribution in [0, 0.1) is 9.39 Å². The van der Waals surface area contributed by atoms with E-state index >= 15 is 0 Å². The maximum absolute atomic E-state index is 13.1. The standard InChI is InChI=1S/C9H6FIO2/c10-5-1-2-7-8(9(5)11)6(12)3-4-13-7/h1-2H,3-4H2. The lowest BCUT2D eigenvalue weighted by Crippen LogP contribution is -2.17. The second-order valence-corrected chi connectivity index (χ2v) is 3.83. The molecular formula is C9H6FIO2. The molecule has 0 amide bonds. The van der Waals surface area contributed by atoms with Crippen LogP contribution in [0.4, 0.5) is 4.39 Å². The third kappa shape index (κ3) is 1.43. The van der Waals surface area contributed by atoms with Crippen molar-refractivity contribution >= 4 is 28.4 Å². The number of benzene rings is 1. The second kappa shape index (κ2) is 3.25. The topological polar surface area (TPSA) is 26.3 Å². The fourth-order valence-electron chi connectivity index (χ4n) is 1.29. The summed E-state index contributed by atoms with van der Waals surface area (Å²) in [7, 11) is 0. The van der Waals surface area contributed by atoms with E-state index < -0.39 is 0 Å². The van der Waals surface area contributed by atoms with Gasteiger partial charge in [-0.05, 0) is 34.7 Å². The zero-order valence-corrected chi connectivity index (χ0v) is 8.80. The molecule has 0 radical (unpaired) electrons. The fraction of sp³-hybridized carbons (Fsp3) is 0.222. The molecule has 2 rings (SSSR count). The maximum atomic E-state index is 13.1. The Bertz CT molecular complexity index is 376. The first-order chi connectivity index (χ1) is 6.20. The van der Waals surface area contributed by atoms with Crippen molar-refractivity contribution in [1.82, 2.24) is 0 Å². The molecule has 0 unspecified atom stereocenters. The van der Waals surface area contributed by atoms with Crippen molar-refractivity contribution in [2.75, 3.05) is 6.61 Å². The third-order valence-electron chi connectivity index (χ3n) is 1.92. The smallest absolute Gasteiger partial charge is 0.171 e. The number of ketones is 1. The van der Waals surface area contributed by atoms with E-state index in [0.29, 0.717) is 27.9 Å². The van der Waals surface area contributed by atoms with Crippen LogP contribution in [0.3, 0.4) is 0 Å². The van der Waals surface area contributed by atoms with Crippen molar-refractivity contribution in [3.8, 4) is 5.75 Å². The van der Waals surface area contributed by atoms with E-state index in [-0.39, 0.29) is 11.6 Å². The Hall–Kier alpha value is -0.650. The van der Waals surface area contributed by atoms with Gasteiger partial charge >= 0.3 is 0 Å². The molecule has 1 aliphatic heterocycles. The highest BCUT2D eigenvalue weighted by atomic mass is 127. The molecular weight excluding hydrogens is 286 g/mol. The first-order valence-electron chi connectivity index (χ1n) is 3.84. The average Bonchev–Trinajstić information content (AvgIpc) is 2.12. The predicted molar refractivity (Wildman–Crippen MR) is 53.6 cm³/mol. The minimum atomic E-state index is -0.363. The van der Waals surface area contributed by atoms with Gasteiger partial charge in [0.2, 0.25) is 0 Å². The van der Waals surface area contributed by atoms with E-state index in [1.807, 2.05) is 22.6 Å². The van der Waals surface area contributed by atoms with E-state index in [1.165, 1.54) is 12.1 Å². The summed E-state index contributed by atoms with van der Waals surface area (Å²) in [5, 5.41) is 0. The van der Waals surface area contributed by atoms with Crippen LogP contribution in [0.15, 0.2) is 12.1 Å². The zero-order chi connectivity index (χ0) is 9.42. The summed E-state index contributed by atoms with van der Waals surface area (Å²) in [4.78, 5) is 11.4. The third-order valence-corrected chi connectivity index (χ3v) is 2.98. The van der Waals surface area contributed by atoms with Gasteiger partial charge in [0.1, 0.15) is 11.6 Å². The summed E-state index contributed by atoms with van der Waals surface area (Å²) in [6.45, 7) is 0.396. The number of hydrogen-bond acceptors (Lipinski definition) is 2. The van der Waals surface area contributed by atoms with Gasteiger partial charge < -0.3 is 4.74 Å². The number of fused-ring (bicyclic) bond motifs is 1. The van der Waals surface area contributed by atoms with Crippen molar-refractivity contribution in [2.45, 2.75) is 6.42 Å². The van der Waals surface area contributed by atoms with Crippen LogP contribution >= 0.6 is 22.6 Å². The van der Waals surface area contributed by atoms with E-state index in [0.717, 1.165) is 0 Å². The highest BCUT2D eigenvalue weighted by Crippen LogP contribution is 2.30.